The molecule has 0 aliphatic heterocycles. The van der Waals surface area contributed by atoms with Gasteiger partial charge in [-0.15, -0.1) is 0 Å². The van der Waals surface area contributed by atoms with Crippen LogP contribution in [0.4, 0.5) is 13.2 Å². The average molecular weight is 246 g/mol. The van der Waals surface area contributed by atoms with Gasteiger partial charge in [0.1, 0.15) is 17.2 Å². The van der Waals surface area contributed by atoms with Crippen molar-refractivity contribution >= 4 is 0 Å². The van der Waals surface area contributed by atoms with Crippen LogP contribution in [0.25, 0.3) is 11.5 Å². The van der Waals surface area contributed by atoms with E-state index in [2.05, 4.69) is 24.6 Å². The summed E-state index contributed by atoms with van der Waals surface area (Å²) < 4.78 is 41.6. The molecule has 0 atom stereocenters. The van der Waals surface area contributed by atoms with Gasteiger partial charge < -0.3 is 4.52 Å². The Hall–Kier alpha value is -2.19. The first kappa shape index (κ1) is 11.3. The van der Waals surface area contributed by atoms with Gasteiger partial charge in [-0.1, -0.05) is 0 Å². The fourth-order valence-corrected chi connectivity index (χ4v) is 1.17. The van der Waals surface area contributed by atoms with Gasteiger partial charge in [-0.3, -0.25) is 0 Å². The Bertz CT molecular complexity index is 601. The molecule has 0 bridgehead atoms. The monoisotopic (exact) mass is 246 g/mol. The van der Waals surface area contributed by atoms with E-state index in [-0.39, 0.29) is 17.3 Å². The lowest BCUT2D eigenvalue weighted by atomic mass is 10.3. The van der Waals surface area contributed by atoms with Crippen molar-refractivity contribution in [2.45, 2.75) is 13.1 Å². The number of alkyl halides is 3. The van der Waals surface area contributed by atoms with Crippen molar-refractivity contribution in [3.8, 4) is 11.5 Å². The Morgan fingerprint density at radius 3 is 2.53 bits per heavy atom. The molecule has 0 unspecified atom stereocenters. The van der Waals surface area contributed by atoms with E-state index in [9.17, 15) is 18.0 Å². The highest BCUT2D eigenvalue weighted by atomic mass is 19.4. The van der Waals surface area contributed by atoms with E-state index < -0.39 is 17.6 Å². The molecule has 0 radical (unpaired) electrons. The van der Waals surface area contributed by atoms with Crippen molar-refractivity contribution in [1.82, 2.24) is 20.1 Å². The lowest BCUT2D eigenvalue weighted by Crippen LogP contribution is -2.10. The summed E-state index contributed by atoms with van der Waals surface area (Å²) in [5.74, 6) is -1.20. The van der Waals surface area contributed by atoms with E-state index in [1.807, 2.05) is 0 Å². The van der Waals surface area contributed by atoms with Crippen LogP contribution in [-0.4, -0.2) is 20.1 Å². The first-order valence-electron chi connectivity index (χ1n) is 4.35. The number of hydrogen-bond acceptors (Lipinski definition) is 5. The van der Waals surface area contributed by atoms with Crippen LogP contribution in [-0.2, 0) is 6.18 Å². The summed E-state index contributed by atoms with van der Waals surface area (Å²) in [7, 11) is 0. The molecule has 0 spiro atoms. The minimum absolute atomic E-state index is 0.0846. The summed E-state index contributed by atoms with van der Waals surface area (Å²) in [6, 6.07) is 0.681. The summed E-state index contributed by atoms with van der Waals surface area (Å²) in [6.45, 7) is 1.30. The predicted molar refractivity (Wildman–Crippen MR) is 47.9 cm³/mol. The average Bonchev–Trinajstić information content (AvgIpc) is 2.62. The number of nitrogens with one attached hydrogen (secondary N) is 1. The second-order valence-corrected chi connectivity index (χ2v) is 3.11. The molecule has 0 aliphatic carbocycles. The molecule has 2 aromatic rings. The predicted octanol–water partition coefficient (Wildman–Crippen LogP) is 1.15. The molecule has 0 aliphatic rings. The molecular formula is C8H5F3N4O2. The van der Waals surface area contributed by atoms with Crippen molar-refractivity contribution in [3.05, 3.63) is 28.1 Å². The van der Waals surface area contributed by atoms with E-state index in [1.165, 1.54) is 6.92 Å². The largest absolute Gasteiger partial charge is 0.460 e. The van der Waals surface area contributed by atoms with Gasteiger partial charge >= 0.3 is 11.9 Å². The molecule has 0 aromatic carbocycles. The van der Waals surface area contributed by atoms with Crippen LogP contribution < -0.4 is 5.76 Å². The summed E-state index contributed by atoms with van der Waals surface area (Å²) in [6.07, 6.45) is -4.59. The third-order valence-corrected chi connectivity index (χ3v) is 1.81. The smallest absolute Gasteiger partial charge is 0.321 e. The number of halogens is 3. The van der Waals surface area contributed by atoms with Crippen molar-refractivity contribution in [3.63, 3.8) is 0 Å². The Labute approximate surface area is 91.5 Å². The van der Waals surface area contributed by atoms with Crippen LogP contribution in [0.2, 0.25) is 0 Å². The number of aromatic amines is 1. The van der Waals surface area contributed by atoms with Gasteiger partial charge in [0.25, 0.3) is 0 Å². The molecule has 2 aromatic heterocycles. The van der Waals surface area contributed by atoms with E-state index in [0.29, 0.717) is 6.07 Å². The number of nitrogens with zero attached hydrogens (tertiary/aromatic N) is 3. The molecular weight excluding hydrogens is 241 g/mol. The molecule has 9 heteroatoms. The third-order valence-electron chi connectivity index (χ3n) is 1.81. The first-order valence-corrected chi connectivity index (χ1v) is 4.35. The molecule has 6 nitrogen and oxygen atoms in total. The Morgan fingerprint density at radius 1 is 1.29 bits per heavy atom. The third kappa shape index (κ3) is 2.32. The number of H-pyrrole nitrogens is 1. The van der Waals surface area contributed by atoms with Gasteiger partial charge in [-0.2, -0.15) is 23.3 Å². The highest BCUT2D eigenvalue weighted by Gasteiger charge is 2.33. The summed E-state index contributed by atoms with van der Waals surface area (Å²) in [5.41, 5.74) is -1.26. The zero-order valence-electron chi connectivity index (χ0n) is 8.37. The van der Waals surface area contributed by atoms with Crippen LogP contribution in [0, 0.1) is 6.92 Å². The summed E-state index contributed by atoms with van der Waals surface area (Å²) in [4.78, 5) is 20.9. The molecule has 90 valence electrons. The molecule has 2 rings (SSSR count). The topological polar surface area (TPSA) is 84.7 Å². The number of aromatic nitrogens is 4. The number of aryl methyl sites for hydroxylation is 1. The van der Waals surface area contributed by atoms with Gasteiger partial charge in [0, 0.05) is 0 Å². The molecule has 0 amide bonds. The SMILES string of the molecule is Cc1nc(-c2nc(=O)o[nH]2)cc(C(F)(F)F)n1. The maximum Gasteiger partial charge on any atom is 0.460 e. The standard InChI is InChI=1S/C8H5F3N4O2/c1-3-12-4(6-14-7(16)17-15-6)2-5(13-3)8(9,10)11/h2H,1H3,(H,14,15,16). The van der Waals surface area contributed by atoms with Crippen molar-refractivity contribution in [2.24, 2.45) is 0 Å². The lowest BCUT2D eigenvalue weighted by molar-refractivity contribution is -0.141. The fourth-order valence-electron chi connectivity index (χ4n) is 1.17. The zero-order chi connectivity index (χ0) is 12.6. The Morgan fingerprint density at radius 2 is 2.00 bits per heavy atom. The normalized spacial score (nSPS) is 11.8. The molecule has 1 N–H and O–H groups in total. The summed E-state index contributed by atoms with van der Waals surface area (Å²) in [5, 5.41) is 2.07. The molecule has 0 saturated carbocycles. The van der Waals surface area contributed by atoms with E-state index >= 15 is 0 Å². The minimum Gasteiger partial charge on any atom is -0.321 e. The van der Waals surface area contributed by atoms with Gasteiger partial charge in [-0.05, 0) is 13.0 Å². The van der Waals surface area contributed by atoms with Crippen LogP contribution in [0.15, 0.2) is 15.4 Å². The maximum atomic E-state index is 12.5. The van der Waals surface area contributed by atoms with Crippen LogP contribution in [0.3, 0.4) is 0 Å². The maximum absolute atomic E-state index is 12.5. The van der Waals surface area contributed by atoms with Crippen molar-refractivity contribution < 1.29 is 17.7 Å². The quantitative estimate of drug-likeness (QED) is 0.815. The zero-order valence-corrected chi connectivity index (χ0v) is 8.37. The van der Waals surface area contributed by atoms with Gasteiger partial charge in [0.15, 0.2) is 5.82 Å². The molecule has 2 heterocycles. The van der Waals surface area contributed by atoms with Crippen molar-refractivity contribution in [1.29, 1.82) is 0 Å². The highest BCUT2D eigenvalue weighted by Crippen LogP contribution is 2.29. The second-order valence-electron chi connectivity index (χ2n) is 3.11. The highest BCUT2D eigenvalue weighted by molar-refractivity contribution is 5.48. The fraction of sp³-hybridized carbons (Fsp3) is 0.250. The number of hydrogen-bond donors (Lipinski definition) is 1. The lowest BCUT2D eigenvalue weighted by Gasteiger charge is -2.07. The Kier molecular flexibility index (Phi) is 2.45. The first-order chi connectivity index (χ1) is 7.86. The van der Waals surface area contributed by atoms with E-state index in [1.54, 1.807) is 0 Å². The molecule has 0 fully saturated rings. The molecule has 17 heavy (non-hydrogen) atoms. The number of rotatable bonds is 1. The van der Waals surface area contributed by atoms with Gasteiger partial charge in [0.05, 0.1) is 0 Å². The van der Waals surface area contributed by atoms with Crippen LogP contribution >= 0.6 is 0 Å². The van der Waals surface area contributed by atoms with E-state index in [4.69, 9.17) is 0 Å². The van der Waals surface area contributed by atoms with Crippen molar-refractivity contribution in [2.75, 3.05) is 0 Å². The van der Waals surface area contributed by atoms with Gasteiger partial charge in [-0.25, -0.2) is 14.8 Å². The summed E-state index contributed by atoms with van der Waals surface area (Å²) >= 11 is 0. The van der Waals surface area contributed by atoms with Crippen LogP contribution in [0.5, 0.6) is 0 Å². The van der Waals surface area contributed by atoms with Gasteiger partial charge in [0.2, 0.25) is 0 Å². The Balaban J connectivity index is 2.56. The molecule has 0 saturated heterocycles. The van der Waals surface area contributed by atoms with Crippen LogP contribution in [0.1, 0.15) is 11.5 Å². The van der Waals surface area contributed by atoms with E-state index in [0.717, 1.165) is 0 Å². The second kappa shape index (κ2) is 3.68. The minimum atomic E-state index is -4.59.